The number of hydrogen-bond acceptors (Lipinski definition) is 5. The van der Waals surface area contributed by atoms with Crippen molar-refractivity contribution in [1.29, 1.82) is 0 Å². The van der Waals surface area contributed by atoms with Gasteiger partial charge in [-0.25, -0.2) is 9.97 Å². The molecule has 2 aliphatic heterocycles. The van der Waals surface area contributed by atoms with E-state index in [9.17, 15) is 0 Å². The lowest BCUT2D eigenvalue weighted by Gasteiger charge is -2.36. The maximum absolute atomic E-state index is 4.61. The number of aryl methyl sites for hydroxylation is 1. The van der Waals surface area contributed by atoms with Crippen molar-refractivity contribution in [2.45, 2.75) is 38.6 Å². The van der Waals surface area contributed by atoms with Crippen molar-refractivity contribution in [1.82, 2.24) is 15.3 Å². The van der Waals surface area contributed by atoms with E-state index in [-0.39, 0.29) is 0 Å². The lowest BCUT2D eigenvalue weighted by molar-refractivity contribution is 0.328. The van der Waals surface area contributed by atoms with E-state index in [0.717, 1.165) is 36.4 Å². The predicted octanol–water partition coefficient (Wildman–Crippen LogP) is 2.97. The number of nitrogens with one attached hydrogen (secondary N) is 1. The molecule has 1 N–H and O–H groups in total. The average molecular weight is 302 g/mol. The second-order valence-corrected chi connectivity index (χ2v) is 7.22. The third-order valence-corrected chi connectivity index (χ3v) is 6.02. The highest BCUT2D eigenvalue weighted by Gasteiger charge is 2.30. The van der Waals surface area contributed by atoms with E-state index in [1.54, 1.807) is 17.7 Å². The molecule has 21 heavy (non-hydrogen) atoms. The summed E-state index contributed by atoms with van der Waals surface area (Å²) in [5.74, 6) is 1.92. The Morgan fingerprint density at radius 2 is 2.24 bits per heavy atom. The van der Waals surface area contributed by atoms with E-state index >= 15 is 0 Å². The predicted molar refractivity (Wildman–Crippen MR) is 88.1 cm³/mol. The number of hydrogen-bond donors (Lipinski definition) is 1. The van der Waals surface area contributed by atoms with Crippen LogP contribution in [0.1, 0.15) is 31.2 Å². The summed E-state index contributed by atoms with van der Waals surface area (Å²) in [6.45, 7) is 5.60. The first-order valence-corrected chi connectivity index (χ1v) is 8.88. The Bertz CT molecular complexity index is 632. The molecule has 0 aliphatic carbocycles. The van der Waals surface area contributed by atoms with Crippen LogP contribution in [0.15, 0.2) is 11.7 Å². The normalized spacial score (nSPS) is 26.6. The van der Waals surface area contributed by atoms with Crippen LogP contribution in [0.5, 0.6) is 0 Å². The van der Waals surface area contributed by atoms with Crippen LogP contribution < -0.4 is 10.2 Å². The van der Waals surface area contributed by atoms with Gasteiger partial charge in [0, 0.05) is 19.1 Å². The van der Waals surface area contributed by atoms with Gasteiger partial charge < -0.3 is 10.2 Å². The first-order valence-electron chi connectivity index (χ1n) is 8.00. The number of rotatable bonds is 2. The van der Waals surface area contributed by atoms with Crippen LogP contribution in [0.4, 0.5) is 5.82 Å². The van der Waals surface area contributed by atoms with Crippen LogP contribution in [0.25, 0.3) is 10.2 Å². The number of piperidine rings is 1. The monoisotopic (exact) mass is 302 g/mol. The molecule has 2 saturated heterocycles. The molecule has 4 rings (SSSR count). The molecule has 2 aromatic rings. The Morgan fingerprint density at radius 3 is 3.10 bits per heavy atom. The fourth-order valence-corrected chi connectivity index (χ4v) is 4.85. The zero-order valence-corrected chi connectivity index (χ0v) is 13.3. The van der Waals surface area contributed by atoms with Gasteiger partial charge >= 0.3 is 0 Å². The summed E-state index contributed by atoms with van der Waals surface area (Å²) in [6, 6.07) is 0.718. The summed E-state index contributed by atoms with van der Waals surface area (Å²) >= 11 is 1.79. The van der Waals surface area contributed by atoms with Crippen LogP contribution in [-0.4, -0.2) is 35.6 Å². The molecule has 0 saturated carbocycles. The van der Waals surface area contributed by atoms with Crippen LogP contribution >= 0.6 is 11.3 Å². The number of fused-ring (bicyclic) bond motifs is 1. The van der Waals surface area contributed by atoms with Crippen molar-refractivity contribution in [2.24, 2.45) is 5.92 Å². The fourth-order valence-electron chi connectivity index (χ4n) is 3.83. The summed E-state index contributed by atoms with van der Waals surface area (Å²) in [5, 5.41) is 5.88. The molecule has 0 spiro atoms. The van der Waals surface area contributed by atoms with Gasteiger partial charge in [-0.2, -0.15) is 0 Å². The van der Waals surface area contributed by atoms with Gasteiger partial charge in [-0.1, -0.05) is 0 Å². The molecule has 2 unspecified atom stereocenters. The molecule has 0 radical (unpaired) electrons. The third-order valence-electron chi connectivity index (χ3n) is 4.94. The highest BCUT2D eigenvalue weighted by molar-refractivity contribution is 7.18. The SMILES string of the molecule is Cc1csc2c(N3CCCC(C4CCCN4)C3)ncnc12. The second kappa shape index (κ2) is 5.54. The first kappa shape index (κ1) is 13.5. The molecule has 0 aromatic carbocycles. The Morgan fingerprint density at radius 1 is 1.29 bits per heavy atom. The van der Waals surface area contributed by atoms with Crippen molar-refractivity contribution in [3.8, 4) is 0 Å². The second-order valence-electron chi connectivity index (χ2n) is 6.34. The summed E-state index contributed by atoms with van der Waals surface area (Å²) in [7, 11) is 0. The lowest BCUT2D eigenvalue weighted by atomic mass is 9.90. The van der Waals surface area contributed by atoms with E-state index in [2.05, 4.69) is 32.5 Å². The summed E-state index contributed by atoms with van der Waals surface area (Å²) in [4.78, 5) is 11.6. The van der Waals surface area contributed by atoms with Gasteiger partial charge in [0.15, 0.2) is 0 Å². The summed E-state index contributed by atoms with van der Waals surface area (Å²) in [5.41, 5.74) is 2.40. The molecule has 5 heteroatoms. The minimum absolute atomic E-state index is 0.718. The minimum Gasteiger partial charge on any atom is -0.355 e. The molecule has 4 nitrogen and oxygen atoms in total. The quantitative estimate of drug-likeness (QED) is 0.926. The third kappa shape index (κ3) is 2.42. The van der Waals surface area contributed by atoms with E-state index < -0.39 is 0 Å². The molecule has 2 fully saturated rings. The maximum atomic E-state index is 4.61. The Hall–Kier alpha value is -1.20. The maximum Gasteiger partial charge on any atom is 0.150 e. The molecule has 0 amide bonds. The Kier molecular flexibility index (Phi) is 3.55. The number of anilines is 1. The highest BCUT2D eigenvalue weighted by atomic mass is 32.1. The molecular weight excluding hydrogens is 280 g/mol. The van der Waals surface area contributed by atoms with Crippen molar-refractivity contribution < 1.29 is 0 Å². The molecule has 2 atom stereocenters. The van der Waals surface area contributed by atoms with E-state index in [1.807, 2.05) is 0 Å². The highest BCUT2D eigenvalue weighted by Crippen LogP contribution is 2.34. The Balaban J connectivity index is 1.62. The van der Waals surface area contributed by atoms with Crippen LogP contribution in [0.3, 0.4) is 0 Å². The number of thiophene rings is 1. The standard InChI is InChI=1S/C16H22N4S/c1-11-9-21-15-14(11)18-10-19-16(15)20-7-3-4-12(8-20)13-5-2-6-17-13/h9-10,12-13,17H,2-8H2,1H3. The van der Waals surface area contributed by atoms with E-state index in [0.29, 0.717) is 0 Å². The van der Waals surface area contributed by atoms with Gasteiger partial charge in [-0.3, -0.25) is 0 Å². The van der Waals surface area contributed by atoms with Crippen LogP contribution in [-0.2, 0) is 0 Å². The smallest absolute Gasteiger partial charge is 0.150 e. The zero-order chi connectivity index (χ0) is 14.2. The molecule has 112 valence electrons. The summed E-state index contributed by atoms with van der Waals surface area (Å²) in [6.07, 6.45) is 7.04. The fraction of sp³-hybridized carbons (Fsp3) is 0.625. The zero-order valence-electron chi connectivity index (χ0n) is 12.5. The van der Waals surface area contributed by atoms with E-state index in [1.165, 1.54) is 42.5 Å². The van der Waals surface area contributed by atoms with Gasteiger partial charge in [0.2, 0.25) is 0 Å². The minimum atomic E-state index is 0.718. The summed E-state index contributed by atoms with van der Waals surface area (Å²) < 4.78 is 1.26. The van der Waals surface area contributed by atoms with Crippen molar-refractivity contribution in [2.75, 3.05) is 24.5 Å². The average Bonchev–Trinajstić information content (AvgIpc) is 3.18. The molecule has 0 bridgehead atoms. The van der Waals surface area contributed by atoms with Crippen molar-refractivity contribution >= 4 is 27.4 Å². The van der Waals surface area contributed by atoms with Gasteiger partial charge in [-0.05, 0) is 56.0 Å². The first-order chi connectivity index (χ1) is 10.3. The topological polar surface area (TPSA) is 41.0 Å². The number of aromatic nitrogens is 2. The Labute approximate surface area is 129 Å². The van der Waals surface area contributed by atoms with Gasteiger partial charge in [0.05, 0.1) is 10.2 Å². The number of nitrogens with zero attached hydrogens (tertiary/aromatic N) is 3. The van der Waals surface area contributed by atoms with Crippen LogP contribution in [0.2, 0.25) is 0 Å². The largest absolute Gasteiger partial charge is 0.355 e. The molecular formula is C16H22N4S. The van der Waals surface area contributed by atoms with Crippen molar-refractivity contribution in [3.05, 3.63) is 17.3 Å². The van der Waals surface area contributed by atoms with Gasteiger partial charge in [0.1, 0.15) is 12.1 Å². The van der Waals surface area contributed by atoms with Gasteiger partial charge in [-0.15, -0.1) is 11.3 Å². The molecule has 4 heterocycles. The lowest BCUT2D eigenvalue weighted by Crippen LogP contribution is -2.43. The molecule has 2 aliphatic rings. The van der Waals surface area contributed by atoms with Crippen molar-refractivity contribution in [3.63, 3.8) is 0 Å². The van der Waals surface area contributed by atoms with E-state index in [4.69, 9.17) is 0 Å². The van der Waals surface area contributed by atoms with Gasteiger partial charge in [0.25, 0.3) is 0 Å². The molecule has 2 aromatic heterocycles. The van der Waals surface area contributed by atoms with Crippen LogP contribution in [0, 0.1) is 12.8 Å².